The van der Waals surface area contributed by atoms with Gasteiger partial charge in [0.05, 0.1) is 0 Å². The van der Waals surface area contributed by atoms with Crippen molar-refractivity contribution in [2.45, 2.75) is 70.0 Å². The summed E-state index contributed by atoms with van der Waals surface area (Å²) in [7, 11) is 0. The van der Waals surface area contributed by atoms with Crippen molar-refractivity contribution in [3.05, 3.63) is 57.0 Å². The zero-order valence-electron chi connectivity index (χ0n) is 16.4. The molecule has 27 heavy (non-hydrogen) atoms. The third-order valence-corrected chi connectivity index (χ3v) is 5.44. The Kier molecular flexibility index (Phi) is 5.75. The molecular formula is C21H26N2O3S. The zero-order valence-corrected chi connectivity index (χ0v) is 17.2. The maximum atomic E-state index is 12.4. The first-order chi connectivity index (χ1) is 12.7. The van der Waals surface area contributed by atoms with Crippen LogP contribution in [0, 0.1) is 6.92 Å². The molecular weight excluding hydrogens is 360 g/mol. The summed E-state index contributed by atoms with van der Waals surface area (Å²) >= 11 is 1.49. The molecule has 144 valence electrons. The Morgan fingerprint density at radius 2 is 1.93 bits per heavy atom. The van der Waals surface area contributed by atoms with Gasteiger partial charge in [-0.25, -0.2) is 0 Å². The second kappa shape index (κ2) is 7.89. The molecule has 1 heterocycles. The molecule has 3 rings (SSSR count). The summed E-state index contributed by atoms with van der Waals surface area (Å²) in [5, 5.41) is 0.590. The molecule has 6 heteroatoms. The van der Waals surface area contributed by atoms with Gasteiger partial charge < -0.3 is 9.30 Å². The predicted octanol–water partition coefficient (Wildman–Crippen LogP) is 3.67. The topological polar surface area (TPSA) is 61.2 Å². The number of benzene rings is 1. The summed E-state index contributed by atoms with van der Waals surface area (Å²) < 4.78 is 7.37. The minimum absolute atomic E-state index is 0.0864. The molecule has 0 aliphatic heterocycles. The van der Waals surface area contributed by atoms with Crippen molar-refractivity contribution in [2.24, 2.45) is 0 Å². The Labute approximate surface area is 164 Å². The third kappa shape index (κ3) is 5.01. The van der Waals surface area contributed by atoms with Crippen molar-refractivity contribution in [2.75, 3.05) is 0 Å². The molecule has 0 N–H and O–H groups in total. The van der Waals surface area contributed by atoms with E-state index < -0.39 is 5.60 Å². The molecule has 1 aromatic heterocycles. The Morgan fingerprint density at radius 1 is 1.22 bits per heavy atom. The second-order valence-electron chi connectivity index (χ2n) is 7.93. The van der Waals surface area contributed by atoms with Crippen LogP contribution < -0.4 is 5.56 Å². The van der Waals surface area contributed by atoms with Gasteiger partial charge in [-0.15, -0.1) is 0 Å². The fourth-order valence-electron chi connectivity index (χ4n) is 3.19. The highest BCUT2D eigenvalue weighted by Crippen LogP contribution is 2.26. The van der Waals surface area contributed by atoms with Crippen LogP contribution in [0.3, 0.4) is 0 Å². The van der Waals surface area contributed by atoms with Crippen LogP contribution >= 0.6 is 11.8 Å². The Morgan fingerprint density at radius 3 is 2.59 bits per heavy atom. The molecule has 5 nitrogen and oxygen atoms in total. The minimum Gasteiger partial charge on any atom is -0.459 e. The van der Waals surface area contributed by atoms with Crippen LogP contribution in [0.2, 0.25) is 0 Å². The number of aromatic nitrogens is 2. The van der Waals surface area contributed by atoms with Gasteiger partial charge in [-0.1, -0.05) is 41.6 Å². The summed E-state index contributed by atoms with van der Waals surface area (Å²) in [6, 6.07) is 8.29. The Hall–Kier alpha value is -2.08. The minimum atomic E-state index is -0.540. The first kappa shape index (κ1) is 19.7. The summed E-state index contributed by atoms with van der Waals surface area (Å²) in [5.41, 5.74) is 3.35. The summed E-state index contributed by atoms with van der Waals surface area (Å²) in [6.07, 6.45) is 2.46. The number of fused-ring (bicyclic) bond motifs is 1. The van der Waals surface area contributed by atoms with Crippen molar-refractivity contribution in [3.8, 4) is 0 Å². The molecule has 1 aliphatic carbocycles. The van der Waals surface area contributed by atoms with Gasteiger partial charge >= 0.3 is 5.97 Å². The number of carbonyl (C=O) groups is 1. The molecule has 0 unspecified atom stereocenters. The summed E-state index contributed by atoms with van der Waals surface area (Å²) in [4.78, 5) is 29.1. The average Bonchev–Trinajstić information content (AvgIpc) is 3.06. The molecule has 0 spiro atoms. The second-order valence-corrected chi connectivity index (χ2v) is 8.87. The molecule has 0 atom stereocenters. The lowest BCUT2D eigenvalue weighted by Crippen LogP contribution is -2.29. The van der Waals surface area contributed by atoms with Gasteiger partial charge in [0.1, 0.15) is 12.1 Å². The van der Waals surface area contributed by atoms with Gasteiger partial charge in [-0.2, -0.15) is 4.98 Å². The number of hydrogen-bond donors (Lipinski definition) is 0. The van der Waals surface area contributed by atoms with Crippen molar-refractivity contribution in [1.29, 1.82) is 0 Å². The highest BCUT2D eigenvalue weighted by molar-refractivity contribution is 7.98. The van der Waals surface area contributed by atoms with Crippen LogP contribution in [0.5, 0.6) is 0 Å². The van der Waals surface area contributed by atoms with Gasteiger partial charge in [0.15, 0.2) is 5.16 Å². The number of esters is 1. The van der Waals surface area contributed by atoms with Gasteiger partial charge in [0.25, 0.3) is 5.56 Å². The number of ether oxygens (including phenoxy) is 1. The molecule has 0 saturated carbocycles. The highest BCUT2D eigenvalue weighted by atomic mass is 32.2. The van der Waals surface area contributed by atoms with E-state index in [9.17, 15) is 9.59 Å². The van der Waals surface area contributed by atoms with Crippen molar-refractivity contribution in [3.63, 3.8) is 0 Å². The number of carbonyl (C=O) groups excluding carboxylic acids is 1. The van der Waals surface area contributed by atoms with E-state index in [0.717, 1.165) is 36.1 Å². The van der Waals surface area contributed by atoms with Gasteiger partial charge in [0, 0.05) is 17.0 Å². The molecule has 0 bridgehead atoms. The van der Waals surface area contributed by atoms with Crippen LogP contribution in [0.1, 0.15) is 49.6 Å². The van der Waals surface area contributed by atoms with Gasteiger partial charge in [-0.05, 0) is 52.5 Å². The maximum absolute atomic E-state index is 12.4. The van der Waals surface area contributed by atoms with E-state index in [-0.39, 0.29) is 18.1 Å². The van der Waals surface area contributed by atoms with E-state index in [4.69, 9.17) is 4.74 Å². The number of rotatable bonds is 5. The molecule has 1 aromatic carbocycles. The first-order valence-corrected chi connectivity index (χ1v) is 10.2. The van der Waals surface area contributed by atoms with E-state index >= 15 is 0 Å². The van der Waals surface area contributed by atoms with Crippen LogP contribution in [-0.4, -0.2) is 21.1 Å². The number of nitrogens with zero attached hydrogens (tertiary/aromatic N) is 2. The lowest BCUT2D eigenvalue weighted by atomic mass is 10.2. The van der Waals surface area contributed by atoms with E-state index in [2.05, 4.69) is 36.2 Å². The van der Waals surface area contributed by atoms with Gasteiger partial charge in [0.2, 0.25) is 0 Å². The lowest BCUT2D eigenvalue weighted by molar-refractivity contribution is -0.155. The van der Waals surface area contributed by atoms with Crippen LogP contribution in [0.25, 0.3) is 0 Å². The van der Waals surface area contributed by atoms with Crippen molar-refractivity contribution >= 4 is 17.7 Å². The summed E-state index contributed by atoms with van der Waals surface area (Å²) in [6.45, 7) is 7.70. The molecule has 2 aromatic rings. The summed E-state index contributed by atoms with van der Waals surface area (Å²) in [5.74, 6) is 0.388. The monoisotopic (exact) mass is 386 g/mol. The third-order valence-electron chi connectivity index (χ3n) is 4.40. The van der Waals surface area contributed by atoms with Crippen molar-refractivity contribution < 1.29 is 9.53 Å². The largest absolute Gasteiger partial charge is 0.459 e. The Bertz CT molecular complexity index is 895. The first-order valence-electron chi connectivity index (χ1n) is 9.26. The molecule has 0 fully saturated rings. The molecule has 0 saturated heterocycles. The van der Waals surface area contributed by atoms with E-state index in [1.165, 1.54) is 17.3 Å². The fraction of sp³-hybridized carbons (Fsp3) is 0.476. The van der Waals surface area contributed by atoms with Crippen LogP contribution in [0.4, 0.5) is 0 Å². The number of thioether (sulfide) groups is 1. The van der Waals surface area contributed by atoms with Gasteiger partial charge in [-0.3, -0.25) is 9.59 Å². The highest BCUT2D eigenvalue weighted by Gasteiger charge is 2.24. The predicted molar refractivity (Wildman–Crippen MR) is 107 cm³/mol. The van der Waals surface area contributed by atoms with Crippen LogP contribution in [0.15, 0.2) is 34.2 Å². The fourth-order valence-corrected chi connectivity index (χ4v) is 4.16. The SMILES string of the molecule is Cc1ccc(CSc2nc(=O)c3c(n2CC(=O)OC(C)(C)C)CCC3)cc1. The number of hydrogen-bond acceptors (Lipinski definition) is 5. The molecule has 0 radical (unpaired) electrons. The average molecular weight is 387 g/mol. The maximum Gasteiger partial charge on any atom is 0.326 e. The van der Waals surface area contributed by atoms with E-state index in [1.807, 2.05) is 25.3 Å². The van der Waals surface area contributed by atoms with E-state index in [0.29, 0.717) is 10.9 Å². The quantitative estimate of drug-likeness (QED) is 0.446. The smallest absolute Gasteiger partial charge is 0.326 e. The molecule has 1 aliphatic rings. The lowest BCUT2D eigenvalue weighted by Gasteiger charge is -2.22. The Balaban J connectivity index is 1.87. The zero-order chi connectivity index (χ0) is 19.6. The van der Waals surface area contributed by atoms with E-state index in [1.54, 1.807) is 0 Å². The standard InChI is InChI=1S/C21H26N2O3S/c1-14-8-10-15(11-9-14)13-27-20-22-19(25)16-6-5-7-17(16)23(20)12-18(24)26-21(2,3)4/h8-11H,5-7,12-13H2,1-4H3. The molecule has 0 amide bonds. The number of aryl methyl sites for hydroxylation is 1. The van der Waals surface area contributed by atoms with Crippen molar-refractivity contribution in [1.82, 2.24) is 9.55 Å². The van der Waals surface area contributed by atoms with Crippen LogP contribution in [-0.2, 0) is 34.7 Å². The normalized spacial score (nSPS) is 13.5.